The molecule has 0 aliphatic carbocycles. The van der Waals surface area contributed by atoms with Crippen molar-refractivity contribution in [3.05, 3.63) is 90.0 Å². The number of aryl methyl sites for hydroxylation is 1. The highest BCUT2D eigenvalue weighted by molar-refractivity contribution is 5.87. The average molecular weight is 365 g/mol. The van der Waals surface area contributed by atoms with Gasteiger partial charge in [0.25, 0.3) is 0 Å². The number of rotatable bonds is 3. The van der Waals surface area contributed by atoms with Crippen molar-refractivity contribution < 1.29 is 5.11 Å². The van der Waals surface area contributed by atoms with Crippen molar-refractivity contribution in [3.8, 4) is 17.3 Å². The van der Waals surface area contributed by atoms with Gasteiger partial charge in [-0.15, -0.1) is 0 Å². The van der Waals surface area contributed by atoms with Gasteiger partial charge in [0.2, 0.25) is 0 Å². The smallest absolute Gasteiger partial charge is 0.160 e. The van der Waals surface area contributed by atoms with Gasteiger partial charge in [0, 0.05) is 11.9 Å². The van der Waals surface area contributed by atoms with Crippen LogP contribution in [-0.4, -0.2) is 19.6 Å². The van der Waals surface area contributed by atoms with E-state index in [1.54, 1.807) is 6.07 Å². The Kier molecular flexibility index (Phi) is 3.83. The first-order valence-electron chi connectivity index (χ1n) is 9.29. The van der Waals surface area contributed by atoms with Crippen LogP contribution in [0, 0.1) is 6.92 Å². The molecule has 28 heavy (non-hydrogen) atoms. The highest BCUT2D eigenvalue weighted by Crippen LogP contribution is 2.29. The Morgan fingerprint density at radius 3 is 2.50 bits per heavy atom. The molecule has 0 saturated carbocycles. The number of hydrogen-bond acceptors (Lipinski definition) is 3. The Hall–Kier alpha value is -3.66. The summed E-state index contributed by atoms with van der Waals surface area (Å²) in [5, 5.41) is 11.1. The minimum atomic E-state index is 0.181. The normalized spacial score (nSPS) is 11.3. The van der Waals surface area contributed by atoms with E-state index in [1.807, 2.05) is 42.5 Å². The summed E-state index contributed by atoms with van der Waals surface area (Å²) in [5.41, 5.74) is 5.79. The number of fused-ring (bicyclic) bond motifs is 2. The summed E-state index contributed by atoms with van der Waals surface area (Å²) in [5.74, 6) is 0.979. The van der Waals surface area contributed by atoms with Crippen LogP contribution >= 0.6 is 0 Å². The Bertz CT molecular complexity index is 1300. The van der Waals surface area contributed by atoms with Gasteiger partial charge in [0.15, 0.2) is 5.82 Å². The predicted molar refractivity (Wildman–Crippen MR) is 112 cm³/mol. The third-order valence-electron chi connectivity index (χ3n) is 5.04. The van der Waals surface area contributed by atoms with Gasteiger partial charge in [-0.3, -0.25) is 0 Å². The lowest BCUT2D eigenvalue weighted by molar-refractivity contribution is 0.480. The second kappa shape index (κ2) is 6.50. The first-order valence-corrected chi connectivity index (χ1v) is 9.29. The molecule has 5 rings (SSSR count). The molecule has 0 fully saturated rings. The van der Waals surface area contributed by atoms with E-state index in [4.69, 9.17) is 9.97 Å². The van der Waals surface area contributed by atoms with Crippen molar-refractivity contribution in [2.45, 2.75) is 13.5 Å². The number of benzene rings is 3. The second-order valence-electron chi connectivity index (χ2n) is 7.04. The summed E-state index contributed by atoms with van der Waals surface area (Å²) in [6.45, 7) is 2.80. The number of phenolic OH excluding ortho intramolecular Hbond substituents is 1. The Balaban J connectivity index is 1.71. The van der Waals surface area contributed by atoms with Crippen molar-refractivity contribution in [1.29, 1.82) is 0 Å². The SMILES string of the molecule is Cc1ccc(Cn2c(-c3ccc4cccc(O)c4n3)nc3ccccc32)cc1. The maximum Gasteiger partial charge on any atom is 0.160 e. The van der Waals surface area contributed by atoms with E-state index >= 15 is 0 Å². The number of hydrogen-bond donors (Lipinski definition) is 1. The Labute approximate surface area is 162 Å². The van der Waals surface area contributed by atoms with Gasteiger partial charge < -0.3 is 9.67 Å². The lowest BCUT2D eigenvalue weighted by Gasteiger charge is -2.10. The fourth-order valence-corrected chi connectivity index (χ4v) is 3.56. The molecule has 5 aromatic rings. The Morgan fingerprint density at radius 1 is 0.821 bits per heavy atom. The highest BCUT2D eigenvalue weighted by atomic mass is 16.3. The molecular weight excluding hydrogens is 346 g/mol. The first-order chi connectivity index (χ1) is 13.7. The molecule has 0 unspecified atom stereocenters. The molecule has 0 aliphatic rings. The van der Waals surface area contributed by atoms with Crippen LogP contribution in [-0.2, 0) is 6.54 Å². The average Bonchev–Trinajstić information content (AvgIpc) is 3.08. The molecule has 4 nitrogen and oxygen atoms in total. The molecular formula is C24H19N3O. The maximum absolute atomic E-state index is 10.2. The van der Waals surface area contributed by atoms with Crippen LogP contribution in [0.15, 0.2) is 78.9 Å². The van der Waals surface area contributed by atoms with E-state index in [2.05, 4.69) is 41.8 Å². The number of pyridine rings is 1. The zero-order valence-electron chi connectivity index (χ0n) is 15.5. The second-order valence-corrected chi connectivity index (χ2v) is 7.04. The number of para-hydroxylation sites is 3. The fourth-order valence-electron chi connectivity index (χ4n) is 3.56. The van der Waals surface area contributed by atoms with Crippen molar-refractivity contribution in [3.63, 3.8) is 0 Å². The van der Waals surface area contributed by atoms with Gasteiger partial charge in [0.1, 0.15) is 17.0 Å². The first kappa shape index (κ1) is 16.5. The summed E-state index contributed by atoms with van der Waals surface area (Å²) in [7, 11) is 0. The molecule has 0 atom stereocenters. The van der Waals surface area contributed by atoms with E-state index in [1.165, 1.54) is 11.1 Å². The lowest BCUT2D eigenvalue weighted by atomic mass is 10.1. The molecule has 4 heteroatoms. The minimum absolute atomic E-state index is 0.181. The van der Waals surface area contributed by atoms with Crippen molar-refractivity contribution in [1.82, 2.24) is 14.5 Å². The van der Waals surface area contributed by atoms with Crippen LogP contribution in [0.4, 0.5) is 0 Å². The molecule has 2 heterocycles. The molecule has 2 aromatic heterocycles. The highest BCUT2D eigenvalue weighted by Gasteiger charge is 2.15. The molecule has 0 bridgehead atoms. The van der Waals surface area contributed by atoms with Gasteiger partial charge in [0.05, 0.1) is 11.0 Å². The van der Waals surface area contributed by atoms with Crippen LogP contribution in [0.3, 0.4) is 0 Å². The maximum atomic E-state index is 10.2. The fraction of sp³-hybridized carbons (Fsp3) is 0.0833. The molecule has 0 saturated heterocycles. The summed E-state index contributed by atoms with van der Waals surface area (Å²) < 4.78 is 2.19. The van der Waals surface area contributed by atoms with E-state index in [0.717, 1.165) is 27.9 Å². The van der Waals surface area contributed by atoms with Gasteiger partial charge >= 0.3 is 0 Å². The van der Waals surface area contributed by atoms with E-state index < -0.39 is 0 Å². The number of imidazole rings is 1. The summed E-state index contributed by atoms with van der Waals surface area (Å²) >= 11 is 0. The molecule has 0 spiro atoms. The molecule has 0 amide bonds. The van der Waals surface area contributed by atoms with Crippen molar-refractivity contribution >= 4 is 21.9 Å². The van der Waals surface area contributed by atoms with Crippen molar-refractivity contribution in [2.24, 2.45) is 0 Å². The van der Waals surface area contributed by atoms with Gasteiger partial charge in [-0.25, -0.2) is 9.97 Å². The van der Waals surface area contributed by atoms with Crippen molar-refractivity contribution in [2.75, 3.05) is 0 Å². The van der Waals surface area contributed by atoms with Gasteiger partial charge in [-0.2, -0.15) is 0 Å². The number of phenols is 1. The van der Waals surface area contributed by atoms with E-state index in [0.29, 0.717) is 12.1 Å². The topological polar surface area (TPSA) is 50.9 Å². The monoisotopic (exact) mass is 365 g/mol. The molecule has 3 aromatic carbocycles. The third-order valence-corrected chi connectivity index (χ3v) is 5.04. The summed E-state index contributed by atoms with van der Waals surface area (Å²) in [6.07, 6.45) is 0. The zero-order valence-corrected chi connectivity index (χ0v) is 15.5. The van der Waals surface area contributed by atoms with Crippen LogP contribution in [0.2, 0.25) is 0 Å². The molecule has 0 aliphatic heterocycles. The standard InChI is InChI=1S/C24H19N3O/c1-16-9-11-17(12-10-16)15-27-21-7-3-2-6-19(21)26-24(27)20-14-13-18-5-4-8-22(28)23(18)25-20/h2-14,28H,15H2,1H3. The Morgan fingerprint density at radius 2 is 1.64 bits per heavy atom. The minimum Gasteiger partial charge on any atom is -0.506 e. The molecule has 1 N–H and O–H groups in total. The van der Waals surface area contributed by atoms with Crippen LogP contribution < -0.4 is 0 Å². The number of aromatic hydroxyl groups is 1. The van der Waals surface area contributed by atoms with Crippen LogP contribution in [0.5, 0.6) is 5.75 Å². The van der Waals surface area contributed by atoms with E-state index in [9.17, 15) is 5.11 Å². The predicted octanol–water partition coefficient (Wildman–Crippen LogP) is 5.31. The van der Waals surface area contributed by atoms with Gasteiger partial charge in [-0.1, -0.05) is 60.2 Å². The molecule has 0 radical (unpaired) electrons. The largest absolute Gasteiger partial charge is 0.506 e. The zero-order chi connectivity index (χ0) is 19.1. The lowest BCUT2D eigenvalue weighted by Crippen LogP contribution is -2.03. The number of aromatic nitrogens is 3. The molecule has 136 valence electrons. The number of nitrogens with zero attached hydrogens (tertiary/aromatic N) is 3. The third kappa shape index (κ3) is 2.79. The van der Waals surface area contributed by atoms with Crippen LogP contribution in [0.1, 0.15) is 11.1 Å². The van der Waals surface area contributed by atoms with Gasteiger partial charge in [-0.05, 0) is 36.8 Å². The van der Waals surface area contributed by atoms with E-state index in [-0.39, 0.29) is 5.75 Å². The summed E-state index contributed by atoms with van der Waals surface area (Å²) in [4.78, 5) is 9.58. The summed E-state index contributed by atoms with van der Waals surface area (Å²) in [6, 6.07) is 26.0. The quantitative estimate of drug-likeness (QED) is 0.471. The van der Waals surface area contributed by atoms with Crippen LogP contribution in [0.25, 0.3) is 33.5 Å².